The maximum Gasteiger partial charge on any atom is 0.180 e. The van der Waals surface area contributed by atoms with Gasteiger partial charge in [0.2, 0.25) is 0 Å². The van der Waals surface area contributed by atoms with Gasteiger partial charge in [0.25, 0.3) is 0 Å². The summed E-state index contributed by atoms with van der Waals surface area (Å²) in [6.07, 6.45) is 0. The first kappa shape index (κ1) is 33.6. The molecular weight excluding hydrogens is 658 g/mol. The fourth-order valence-corrected chi connectivity index (χ4v) is 4.89. The van der Waals surface area contributed by atoms with Gasteiger partial charge in [0.15, 0.2) is 69.8 Å². The Morgan fingerprint density at radius 3 is 1.11 bits per heavy atom. The molecule has 0 aliphatic heterocycles. The number of nitriles is 5. The van der Waals surface area contributed by atoms with E-state index in [9.17, 15) is 42.1 Å². The normalized spacial score (nSPS) is 16.3. The predicted molar refractivity (Wildman–Crippen MR) is 130 cm³/mol. The number of allylic oxidation sites excluding steroid dienone is 4. The van der Waals surface area contributed by atoms with Gasteiger partial charge in [0.05, 0.1) is 34.3 Å². The summed E-state index contributed by atoms with van der Waals surface area (Å²) in [5.41, 5.74) is -16.5. The van der Waals surface area contributed by atoms with Crippen molar-refractivity contribution < 1.29 is 52.7 Å². The molecule has 1 saturated carbocycles. The van der Waals surface area contributed by atoms with Gasteiger partial charge in [-0.05, 0) is 18.1 Å². The summed E-state index contributed by atoms with van der Waals surface area (Å²) in [5.74, 6) is -33.5. The molecule has 3 aromatic carbocycles. The van der Waals surface area contributed by atoms with Gasteiger partial charge in [-0.15, -0.1) is 0 Å². The molecule has 0 spiro atoms. The SMILES string of the molecule is Cc1c(F)c(F)c(/C(C#N)=C2\C(=C(/C#N)c3c(F)c(F)c(C#N)c(F)c3F)C2C(C#N)c2c(F)c(F)c(C#N)c(F)c2F)c(F)c1F. The van der Waals surface area contributed by atoms with Crippen molar-refractivity contribution >= 4 is 11.1 Å². The first-order valence-corrected chi connectivity index (χ1v) is 12.1. The highest BCUT2D eigenvalue weighted by Crippen LogP contribution is 2.60. The van der Waals surface area contributed by atoms with E-state index in [0.717, 1.165) is 30.3 Å². The Bertz CT molecular complexity index is 2170. The Hall–Kier alpha value is -6.25. The number of hydrogen-bond acceptors (Lipinski definition) is 5. The molecule has 1 aliphatic carbocycles. The molecule has 0 N–H and O–H groups in total. The highest BCUT2D eigenvalue weighted by atomic mass is 19.2. The van der Waals surface area contributed by atoms with Gasteiger partial charge in [0, 0.05) is 17.0 Å². The summed E-state index contributed by atoms with van der Waals surface area (Å²) >= 11 is 0. The molecule has 5 nitrogen and oxygen atoms in total. The molecule has 47 heavy (non-hydrogen) atoms. The van der Waals surface area contributed by atoms with E-state index in [1.807, 2.05) is 0 Å². The molecule has 17 heteroatoms. The zero-order valence-corrected chi connectivity index (χ0v) is 22.4. The van der Waals surface area contributed by atoms with Crippen LogP contribution in [0.25, 0.3) is 11.1 Å². The van der Waals surface area contributed by atoms with Gasteiger partial charge in [-0.3, -0.25) is 0 Å². The maximum absolute atomic E-state index is 15.1. The minimum atomic E-state index is -2.78. The molecule has 0 amide bonds. The molecule has 3 aromatic rings. The number of halogens is 12. The summed E-state index contributed by atoms with van der Waals surface area (Å²) < 4.78 is 177. The zero-order chi connectivity index (χ0) is 35.4. The second-order valence-corrected chi connectivity index (χ2v) is 9.42. The fourth-order valence-electron chi connectivity index (χ4n) is 4.89. The standard InChI is InChI=1S/C30H5F12N5/c1-7-19(31)25(37)16(26(38)20(7)32)8(2-43)13-14(9(3-44)17-27(39)21(33)11(5-46)22(34)28(17)40)15(13)10(4-45)18-29(41)23(35)12(6-47)24(36)30(18)42/h9,14H,1H3/b13-8-,15-10-. The third kappa shape index (κ3) is 4.70. The Morgan fingerprint density at radius 1 is 0.489 bits per heavy atom. The average Bonchev–Trinajstić information content (AvgIpc) is 3.77. The Labute approximate surface area is 253 Å². The Kier molecular flexibility index (Phi) is 8.53. The van der Waals surface area contributed by atoms with E-state index >= 15 is 26.3 Å². The minimum absolute atomic E-state index is 0.559. The molecule has 234 valence electrons. The van der Waals surface area contributed by atoms with E-state index in [4.69, 9.17) is 10.5 Å². The van der Waals surface area contributed by atoms with Crippen molar-refractivity contribution in [3.05, 3.63) is 114 Å². The van der Waals surface area contributed by atoms with Crippen LogP contribution in [0.1, 0.15) is 39.3 Å². The van der Waals surface area contributed by atoms with Crippen LogP contribution in [-0.4, -0.2) is 0 Å². The van der Waals surface area contributed by atoms with E-state index in [2.05, 4.69) is 0 Å². The number of rotatable bonds is 4. The monoisotopic (exact) mass is 663 g/mol. The summed E-state index contributed by atoms with van der Waals surface area (Å²) in [7, 11) is 0. The van der Waals surface area contributed by atoms with Gasteiger partial charge in [0.1, 0.15) is 35.4 Å². The van der Waals surface area contributed by atoms with Crippen molar-refractivity contribution in [2.45, 2.75) is 12.8 Å². The second kappa shape index (κ2) is 11.9. The van der Waals surface area contributed by atoms with E-state index < -0.39 is 137 Å². The Balaban J connectivity index is 2.26. The molecule has 0 bridgehead atoms. The summed E-state index contributed by atoms with van der Waals surface area (Å²) in [6.45, 7) is 0.559. The summed E-state index contributed by atoms with van der Waals surface area (Å²) in [6, 6.07) is 4.78. The molecule has 2 unspecified atom stereocenters. The molecule has 0 heterocycles. The van der Waals surface area contributed by atoms with Crippen LogP contribution < -0.4 is 0 Å². The van der Waals surface area contributed by atoms with Crippen LogP contribution in [0, 0.1) is 139 Å². The van der Waals surface area contributed by atoms with Crippen molar-refractivity contribution in [3.8, 4) is 30.3 Å². The lowest BCUT2D eigenvalue weighted by atomic mass is 9.90. The van der Waals surface area contributed by atoms with E-state index in [1.165, 1.54) is 0 Å². The van der Waals surface area contributed by atoms with Crippen LogP contribution in [0.3, 0.4) is 0 Å². The van der Waals surface area contributed by atoms with Crippen LogP contribution in [0.5, 0.6) is 0 Å². The van der Waals surface area contributed by atoms with Crippen molar-refractivity contribution in [2.24, 2.45) is 5.92 Å². The highest BCUT2D eigenvalue weighted by Gasteiger charge is 2.53. The van der Waals surface area contributed by atoms with Crippen LogP contribution in [-0.2, 0) is 0 Å². The minimum Gasteiger partial charge on any atom is -0.203 e. The molecule has 4 rings (SSSR count). The number of hydrogen-bond donors (Lipinski definition) is 0. The van der Waals surface area contributed by atoms with Gasteiger partial charge >= 0.3 is 0 Å². The number of nitrogens with zero attached hydrogens (tertiary/aromatic N) is 5. The van der Waals surface area contributed by atoms with Gasteiger partial charge in [-0.1, -0.05) is 0 Å². The number of benzene rings is 3. The van der Waals surface area contributed by atoms with Gasteiger partial charge < -0.3 is 0 Å². The topological polar surface area (TPSA) is 119 Å². The molecular formula is C30H5F12N5. The van der Waals surface area contributed by atoms with Crippen molar-refractivity contribution in [1.82, 2.24) is 0 Å². The lowest BCUT2D eigenvalue weighted by molar-refractivity contribution is 0.429. The highest BCUT2D eigenvalue weighted by molar-refractivity contribution is 5.98. The second-order valence-electron chi connectivity index (χ2n) is 9.42. The molecule has 0 saturated heterocycles. The average molecular weight is 663 g/mol. The molecule has 0 aromatic heterocycles. The van der Waals surface area contributed by atoms with E-state index in [0.29, 0.717) is 6.92 Å². The van der Waals surface area contributed by atoms with Crippen LogP contribution in [0.4, 0.5) is 52.7 Å². The van der Waals surface area contributed by atoms with Gasteiger partial charge in [-0.2, -0.15) is 26.3 Å². The smallest absolute Gasteiger partial charge is 0.180 e. The van der Waals surface area contributed by atoms with Crippen LogP contribution in [0.15, 0.2) is 11.1 Å². The summed E-state index contributed by atoms with van der Waals surface area (Å²) in [4.78, 5) is 0. The quantitative estimate of drug-likeness (QED) is 0.162. The largest absolute Gasteiger partial charge is 0.203 e. The predicted octanol–water partition coefficient (Wildman–Crippen LogP) is 7.60. The first-order chi connectivity index (χ1) is 22.1. The van der Waals surface area contributed by atoms with E-state index in [-0.39, 0.29) is 0 Å². The molecule has 1 fully saturated rings. The van der Waals surface area contributed by atoms with Crippen molar-refractivity contribution in [2.75, 3.05) is 0 Å². The van der Waals surface area contributed by atoms with Crippen LogP contribution in [0.2, 0.25) is 0 Å². The van der Waals surface area contributed by atoms with E-state index in [1.54, 1.807) is 0 Å². The third-order valence-electron chi connectivity index (χ3n) is 7.14. The summed E-state index contributed by atoms with van der Waals surface area (Å²) in [5, 5.41) is 47.2. The molecule has 0 radical (unpaired) electrons. The maximum atomic E-state index is 15.1. The lowest BCUT2D eigenvalue weighted by Gasteiger charge is -2.13. The zero-order valence-electron chi connectivity index (χ0n) is 22.4. The van der Waals surface area contributed by atoms with Crippen LogP contribution >= 0.6 is 0 Å². The van der Waals surface area contributed by atoms with Crippen molar-refractivity contribution in [3.63, 3.8) is 0 Å². The molecule has 1 aliphatic rings. The lowest BCUT2D eigenvalue weighted by Crippen LogP contribution is -2.12. The fraction of sp³-hybridized carbons (Fsp3) is 0.100. The third-order valence-corrected chi connectivity index (χ3v) is 7.14. The first-order valence-electron chi connectivity index (χ1n) is 12.1. The van der Waals surface area contributed by atoms with Crippen molar-refractivity contribution in [1.29, 1.82) is 26.3 Å². The Morgan fingerprint density at radius 2 is 0.809 bits per heavy atom. The van der Waals surface area contributed by atoms with Gasteiger partial charge in [-0.25, -0.2) is 52.7 Å². The molecule has 2 atom stereocenters.